The van der Waals surface area contributed by atoms with E-state index < -0.39 is 96.0 Å². The van der Waals surface area contributed by atoms with Gasteiger partial charge in [-0.25, -0.2) is 0 Å². The molecule has 254 valence electrons. The molecule has 10 atom stereocenters. The number of hydrogen-bond donors (Lipinski definition) is 8. The van der Waals surface area contributed by atoms with E-state index in [1.54, 1.807) is 0 Å². The van der Waals surface area contributed by atoms with Crippen molar-refractivity contribution in [3.05, 3.63) is 46.6 Å². The van der Waals surface area contributed by atoms with Crippen LogP contribution in [0.3, 0.4) is 0 Å². The van der Waals surface area contributed by atoms with Gasteiger partial charge in [0.25, 0.3) is 0 Å². The van der Waals surface area contributed by atoms with Crippen LogP contribution in [0.4, 0.5) is 0 Å². The van der Waals surface area contributed by atoms with Crippen molar-refractivity contribution in [1.82, 2.24) is 0 Å². The zero-order valence-electron chi connectivity index (χ0n) is 24.4. The second-order valence-corrected chi connectivity index (χ2v) is 10.6. The quantitative estimate of drug-likeness (QED) is 0.130. The summed E-state index contributed by atoms with van der Waals surface area (Å²) in [6.45, 7) is 2.00. The Bertz CT molecular complexity index is 1690. The van der Waals surface area contributed by atoms with Gasteiger partial charge in [-0.3, -0.25) is 19.1 Å². The Labute approximate surface area is 263 Å². The number of carbonyl (C=O) groups excluding carboxylic acids is 2. The zero-order valence-corrected chi connectivity index (χ0v) is 24.4. The number of aliphatic hydroxyl groups excluding tert-OH is 6. The second-order valence-electron chi connectivity index (χ2n) is 10.6. The predicted octanol–water partition coefficient (Wildman–Crippen LogP) is -1.71. The van der Waals surface area contributed by atoms with Gasteiger partial charge in [-0.2, -0.15) is 0 Å². The molecule has 18 heteroatoms. The third-order valence-electron chi connectivity index (χ3n) is 7.15. The third-order valence-corrected chi connectivity index (χ3v) is 7.15. The van der Waals surface area contributed by atoms with E-state index in [0.29, 0.717) is 0 Å². The van der Waals surface area contributed by atoms with Crippen molar-refractivity contribution < 1.29 is 83.3 Å². The lowest BCUT2D eigenvalue weighted by molar-refractivity contribution is -0.325. The molecule has 0 aliphatic carbocycles. The SMILES string of the molecule is CC(=O)OC1OC(Oc2c(-c3ccc(O)cc3)oc3cc(OC4O[C@@H](O)[C@H](O)[C@H](O)[C@H]4O)cc(O)c3c2=O)[C@H](O)[C@@H](O)[C@H]1OC(C)=O. The van der Waals surface area contributed by atoms with E-state index in [0.717, 1.165) is 26.0 Å². The van der Waals surface area contributed by atoms with Crippen LogP contribution in [-0.4, -0.2) is 115 Å². The average Bonchev–Trinajstić information content (AvgIpc) is 3.00. The highest BCUT2D eigenvalue weighted by atomic mass is 16.8. The van der Waals surface area contributed by atoms with Gasteiger partial charge < -0.3 is 69.0 Å². The molecule has 0 bridgehead atoms. The highest BCUT2D eigenvalue weighted by Gasteiger charge is 2.50. The van der Waals surface area contributed by atoms with E-state index >= 15 is 0 Å². The van der Waals surface area contributed by atoms with Gasteiger partial charge in [-0.05, 0) is 24.3 Å². The summed E-state index contributed by atoms with van der Waals surface area (Å²) in [5, 5.41) is 81.4. The van der Waals surface area contributed by atoms with E-state index in [1.807, 2.05) is 0 Å². The Morgan fingerprint density at radius 1 is 0.723 bits per heavy atom. The zero-order chi connectivity index (χ0) is 34.3. The molecule has 3 heterocycles. The highest BCUT2D eigenvalue weighted by molar-refractivity contribution is 5.88. The standard InChI is InChI=1S/C29H30O18/c1-9(30)41-25-19(36)22(39)28(47-29(25)42-10(2)31)45-24-17(34)16-14(33)7-13(43-27-21(38)18(35)20(37)26(40)46-27)8-15(16)44-23(24)11-3-5-12(32)6-4-11/h3-8,18-22,25-29,32-33,35-40H,1-2H3/t18-,19+,20+,21+,22+,25+,26+,27?,28?,29?/m0/s1. The lowest BCUT2D eigenvalue weighted by Gasteiger charge is -2.40. The lowest BCUT2D eigenvalue weighted by atomic mass is 10.0. The first-order valence-corrected chi connectivity index (χ1v) is 13.9. The molecule has 18 nitrogen and oxygen atoms in total. The first-order valence-electron chi connectivity index (χ1n) is 13.9. The van der Waals surface area contributed by atoms with Crippen molar-refractivity contribution >= 4 is 22.9 Å². The Balaban J connectivity index is 1.57. The summed E-state index contributed by atoms with van der Waals surface area (Å²) < 4.78 is 37.5. The Hall–Kier alpha value is -4.53. The second kappa shape index (κ2) is 13.3. The molecule has 0 saturated carbocycles. The fourth-order valence-electron chi connectivity index (χ4n) is 4.89. The van der Waals surface area contributed by atoms with Crippen molar-refractivity contribution in [2.24, 2.45) is 0 Å². The fourth-order valence-corrected chi connectivity index (χ4v) is 4.89. The molecule has 1 aromatic heterocycles. The van der Waals surface area contributed by atoms with Crippen LogP contribution in [0.1, 0.15) is 13.8 Å². The van der Waals surface area contributed by atoms with Gasteiger partial charge in [0.2, 0.25) is 30.0 Å². The van der Waals surface area contributed by atoms with Crippen LogP contribution in [0.15, 0.2) is 45.6 Å². The minimum Gasteiger partial charge on any atom is -0.508 e. The summed E-state index contributed by atoms with van der Waals surface area (Å²) in [6.07, 6.45) is -18.6. The molecule has 3 unspecified atom stereocenters. The van der Waals surface area contributed by atoms with E-state index in [2.05, 4.69) is 0 Å². The smallest absolute Gasteiger partial charge is 0.305 e. The fraction of sp³-hybridized carbons (Fsp3) is 0.414. The largest absolute Gasteiger partial charge is 0.508 e. The van der Waals surface area contributed by atoms with Crippen LogP contribution in [-0.2, 0) is 28.5 Å². The summed E-state index contributed by atoms with van der Waals surface area (Å²) in [6, 6.07) is 7.10. The number of phenolic OH excluding ortho intramolecular Hbond substituents is 2. The minimum absolute atomic E-state index is 0.106. The molecule has 3 aromatic rings. The normalized spacial score (nSPS) is 30.8. The molecule has 2 saturated heterocycles. The number of aliphatic hydroxyl groups is 6. The molecule has 2 fully saturated rings. The molecule has 2 aliphatic rings. The molecule has 2 aliphatic heterocycles. The molecular formula is C29H30O18. The van der Waals surface area contributed by atoms with E-state index in [-0.39, 0.29) is 28.4 Å². The minimum atomic E-state index is -2.01. The number of ether oxygens (including phenoxy) is 6. The number of benzene rings is 2. The third kappa shape index (κ3) is 6.80. The van der Waals surface area contributed by atoms with E-state index in [9.17, 15) is 55.2 Å². The maximum Gasteiger partial charge on any atom is 0.305 e. The van der Waals surface area contributed by atoms with Crippen molar-refractivity contribution in [3.63, 3.8) is 0 Å². The van der Waals surface area contributed by atoms with Crippen LogP contribution in [0.5, 0.6) is 23.0 Å². The van der Waals surface area contributed by atoms with Crippen LogP contribution < -0.4 is 14.9 Å². The number of carbonyl (C=O) groups is 2. The summed E-state index contributed by atoms with van der Waals surface area (Å²) in [7, 11) is 0. The number of hydrogen-bond acceptors (Lipinski definition) is 18. The van der Waals surface area contributed by atoms with Crippen LogP contribution in [0, 0.1) is 0 Å². The molecule has 2 aromatic carbocycles. The van der Waals surface area contributed by atoms with E-state index in [4.69, 9.17) is 32.8 Å². The van der Waals surface area contributed by atoms with Gasteiger partial charge in [0, 0.05) is 31.5 Å². The molecule has 47 heavy (non-hydrogen) atoms. The molecule has 5 rings (SSSR count). The summed E-state index contributed by atoms with van der Waals surface area (Å²) >= 11 is 0. The topological polar surface area (TPSA) is 282 Å². The monoisotopic (exact) mass is 666 g/mol. The Kier molecular flexibility index (Phi) is 9.57. The molecule has 0 amide bonds. The van der Waals surface area contributed by atoms with Gasteiger partial charge in [0.05, 0.1) is 0 Å². The maximum absolute atomic E-state index is 13.9. The highest BCUT2D eigenvalue weighted by Crippen LogP contribution is 2.38. The maximum atomic E-state index is 13.9. The summed E-state index contributed by atoms with van der Waals surface area (Å²) in [4.78, 5) is 37.2. The molecule has 0 spiro atoms. The number of rotatable bonds is 7. The van der Waals surface area contributed by atoms with Crippen molar-refractivity contribution in [1.29, 1.82) is 0 Å². The molecule has 8 N–H and O–H groups in total. The van der Waals surface area contributed by atoms with Gasteiger partial charge in [0.15, 0.2) is 18.2 Å². The first-order chi connectivity index (χ1) is 22.2. The molecule has 0 radical (unpaired) electrons. The van der Waals surface area contributed by atoms with Crippen LogP contribution in [0.25, 0.3) is 22.3 Å². The average molecular weight is 667 g/mol. The van der Waals surface area contributed by atoms with Crippen molar-refractivity contribution in [3.8, 4) is 34.3 Å². The Morgan fingerprint density at radius 3 is 1.98 bits per heavy atom. The number of aromatic hydroxyl groups is 2. The lowest BCUT2D eigenvalue weighted by Crippen LogP contribution is -2.61. The van der Waals surface area contributed by atoms with Crippen molar-refractivity contribution in [2.75, 3.05) is 0 Å². The van der Waals surface area contributed by atoms with E-state index in [1.165, 1.54) is 24.3 Å². The van der Waals surface area contributed by atoms with Gasteiger partial charge in [-0.1, -0.05) is 0 Å². The number of fused-ring (bicyclic) bond motifs is 1. The van der Waals surface area contributed by atoms with Gasteiger partial charge >= 0.3 is 11.9 Å². The Morgan fingerprint density at radius 2 is 1.34 bits per heavy atom. The first kappa shape index (κ1) is 33.8. The van der Waals surface area contributed by atoms with Crippen LogP contribution in [0.2, 0.25) is 0 Å². The van der Waals surface area contributed by atoms with Crippen LogP contribution >= 0.6 is 0 Å². The number of phenols is 2. The number of esters is 2. The van der Waals surface area contributed by atoms with Crippen molar-refractivity contribution in [2.45, 2.75) is 75.6 Å². The summed E-state index contributed by atoms with van der Waals surface area (Å²) in [5.74, 6) is -4.10. The molecular weight excluding hydrogens is 636 g/mol. The summed E-state index contributed by atoms with van der Waals surface area (Å²) in [5.41, 5.74) is -1.29. The van der Waals surface area contributed by atoms with Gasteiger partial charge in [-0.15, -0.1) is 0 Å². The van der Waals surface area contributed by atoms with Gasteiger partial charge in [0.1, 0.15) is 58.7 Å². The predicted molar refractivity (Wildman–Crippen MR) is 149 cm³/mol.